The maximum Gasteiger partial charge on any atom is 0.315 e. The van der Waals surface area contributed by atoms with Crippen molar-refractivity contribution in [3.05, 3.63) is 64.7 Å². The summed E-state index contributed by atoms with van der Waals surface area (Å²) >= 11 is 0. The normalized spacial score (nSPS) is 11.7. The zero-order valence-electron chi connectivity index (χ0n) is 14.8. The Labute approximate surface area is 144 Å². The van der Waals surface area contributed by atoms with Crippen molar-refractivity contribution >= 4 is 6.03 Å². The first-order valence-corrected chi connectivity index (χ1v) is 8.27. The van der Waals surface area contributed by atoms with Gasteiger partial charge in [-0.05, 0) is 44.4 Å². The zero-order chi connectivity index (χ0) is 17.5. The average molecular weight is 326 g/mol. The van der Waals surface area contributed by atoms with Crippen molar-refractivity contribution in [1.29, 1.82) is 0 Å². The average Bonchev–Trinajstić information content (AvgIpc) is 2.54. The Balaban J connectivity index is 1.75. The monoisotopic (exact) mass is 326 g/mol. The molecule has 0 aliphatic rings. The summed E-state index contributed by atoms with van der Waals surface area (Å²) in [7, 11) is 0. The van der Waals surface area contributed by atoms with Gasteiger partial charge in [-0.25, -0.2) is 4.79 Å². The summed E-state index contributed by atoms with van der Waals surface area (Å²) in [4.78, 5) is 11.9. The number of urea groups is 1. The first kappa shape index (κ1) is 17.9. The highest BCUT2D eigenvalue weighted by atomic mass is 16.5. The van der Waals surface area contributed by atoms with E-state index in [-0.39, 0.29) is 12.1 Å². The van der Waals surface area contributed by atoms with E-state index < -0.39 is 0 Å². The first-order valence-electron chi connectivity index (χ1n) is 8.27. The van der Waals surface area contributed by atoms with E-state index in [1.54, 1.807) is 0 Å². The quantitative estimate of drug-likeness (QED) is 0.787. The number of carbonyl (C=O) groups excluding carboxylic acids is 1. The molecule has 0 saturated heterocycles. The molecule has 4 nitrogen and oxygen atoms in total. The third-order valence-corrected chi connectivity index (χ3v) is 3.89. The number of ether oxygens (including phenoxy) is 1. The second kappa shape index (κ2) is 8.39. The Morgan fingerprint density at radius 1 is 1.08 bits per heavy atom. The van der Waals surface area contributed by atoms with E-state index in [1.807, 2.05) is 51.1 Å². The number of amides is 2. The van der Waals surface area contributed by atoms with Gasteiger partial charge in [0, 0.05) is 0 Å². The molecule has 1 unspecified atom stereocenters. The van der Waals surface area contributed by atoms with E-state index in [9.17, 15) is 4.79 Å². The van der Waals surface area contributed by atoms with Crippen LogP contribution in [0.15, 0.2) is 42.5 Å². The molecule has 0 aromatic heterocycles. The molecule has 0 radical (unpaired) electrons. The van der Waals surface area contributed by atoms with Gasteiger partial charge < -0.3 is 15.4 Å². The Bertz CT molecular complexity index is 660. The van der Waals surface area contributed by atoms with E-state index in [1.165, 1.54) is 5.56 Å². The first-order chi connectivity index (χ1) is 11.5. The van der Waals surface area contributed by atoms with Gasteiger partial charge in [0.2, 0.25) is 0 Å². The molecular weight excluding hydrogens is 300 g/mol. The van der Waals surface area contributed by atoms with Crippen LogP contribution in [0.3, 0.4) is 0 Å². The molecule has 2 N–H and O–H groups in total. The predicted octanol–water partition coefficient (Wildman–Crippen LogP) is 4.05. The van der Waals surface area contributed by atoms with Crippen molar-refractivity contribution in [3.63, 3.8) is 0 Å². The maximum atomic E-state index is 11.9. The summed E-state index contributed by atoms with van der Waals surface area (Å²) in [6.07, 6.45) is 0. The standard InChI is InChI=1S/C20H26N2O2/c1-14-12-15(2)19(16(3)13-14)24-11-10-21-20(23)22-17(4)18-8-6-5-7-9-18/h5-9,12-13,17H,10-11H2,1-4H3,(H2,21,22,23). The summed E-state index contributed by atoms with van der Waals surface area (Å²) in [6.45, 7) is 9.01. The Morgan fingerprint density at radius 3 is 2.33 bits per heavy atom. The van der Waals surface area contributed by atoms with Crippen LogP contribution in [0, 0.1) is 20.8 Å². The number of benzene rings is 2. The molecule has 1 atom stereocenters. The van der Waals surface area contributed by atoms with Gasteiger partial charge in [0.1, 0.15) is 12.4 Å². The fourth-order valence-electron chi connectivity index (χ4n) is 2.78. The van der Waals surface area contributed by atoms with Gasteiger partial charge in [0.15, 0.2) is 0 Å². The summed E-state index contributed by atoms with van der Waals surface area (Å²) in [5, 5.41) is 5.75. The summed E-state index contributed by atoms with van der Waals surface area (Å²) in [5.74, 6) is 0.903. The molecule has 0 aliphatic carbocycles. The molecule has 128 valence electrons. The van der Waals surface area contributed by atoms with Crippen LogP contribution in [0.5, 0.6) is 5.75 Å². The summed E-state index contributed by atoms with van der Waals surface area (Å²) < 4.78 is 5.82. The van der Waals surface area contributed by atoms with Crippen LogP contribution in [-0.2, 0) is 0 Å². The lowest BCUT2D eigenvalue weighted by Crippen LogP contribution is -2.39. The zero-order valence-corrected chi connectivity index (χ0v) is 14.8. The van der Waals surface area contributed by atoms with Gasteiger partial charge in [-0.1, -0.05) is 48.0 Å². The van der Waals surface area contributed by atoms with Crippen molar-refractivity contribution in [3.8, 4) is 5.75 Å². The number of carbonyl (C=O) groups is 1. The summed E-state index contributed by atoms with van der Waals surface area (Å²) in [5.41, 5.74) is 4.55. The topological polar surface area (TPSA) is 50.4 Å². The number of aryl methyl sites for hydroxylation is 3. The van der Waals surface area contributed by atoms with Gasteiger partial charge in [0.05, 0.1) is 12.6 Å². The lowest BCUT2D eigenvalue weighted by atomic mass is 10.1. The minimum absolute atomic E-state index is 0.0336. The van der Waals surface area contributed by atoms with E-state index >= 15 is 0 Å². The van der Waals surface area contributed by atoms with Crippen molar-refractivity contribution in [2.75, 3.05) is 13.2 Å². The van der Waals surface area contributed by atoms with Crippen LogP contribution in [-0.4, -0.2) is 19.2 Å². The molecular formula is C20H26N2O2. The third kappa shape index (κ3) is 5.01. The smallest absolute Gasteiger partial charge is 0.315 e. The van der Waals surface area contributed by atoms with Gasteiger partial charge in [-0.3, -0.25) is 0 Å². The van der Waals surface area contributed by atoms with Gasteiger partial charge in [-0.2, -0.15) is 0 Å². The van der Waals surface area contributed by atoms with Crippen LogP contribution in [0.4, 0.5) is 4.79 Å². The largest absolute Gasteiger partial charge is 0.491 e. The van der Waals surface area contributed by atoms with Crippen molar-refractivity contribution in [2.24, 2.45) is 0 Å². The number of rotatable bonds is 6. The minimum Gasteiger partial charge on any atom is -0.491 e. The molecule has 2 amide bonds. The Kier molecular flexibility index (Phi) is 6.24. The highest BCUT2D eigenvalue weighted by Crippen LogP contribution is 2.24. The fourth-order valence-corrected chi connectivity index (χ4v) is 2.78. The molecule has 2 rings (SSSR count). The van der Waals surface area contributed by atoms with Crippen LogP contribution < -0.4 is 15.4 Å². The van der Waals surface area contributed by atoms with Crippen molar-refractivity contribution in [1.82, 2.24) is 10.6 Å². The molecule has 0 heterocycles. The van der Waals surface area contributed by atoms with E-state index in [0.29, 0.717) is 13.2 Å². The second-order valence-corrected chi connectivity index (χ2v) is 6.11. The van der Waals surface area contributed by atoms with Crippen molar-refractivity contribution < 1.29 is 9.53 Å². The van der Waals surface area contributed by atoms with Crippen molar-refractivity contribution in [2.45, 2.75) is 33.7 Å². The van der Waals surface area contributed by atoms with Gasteiger partial charge in [0.25, 0.3) is 0 Å². The molecule has 4 heteroatoms. The lowest BCUT2D eigenvalue weighted by Gasteiger charge is -2.16. The third-order valence-electron chi connectivity index (χ3n) is 3.89. The predicted molar refractivity (Wildman–Crippen MR) is 97.5 cm³/mol. The fraction of sp³-hybridized carbons (Fsp3) is 0.350. The number of nitrogens with one attached hydrogen (secondary N) is 2. The Morgan fingerprint density at radius 2 is 1.71 bits per heavy atom. The van der Waals surface area contributed by atoms with Gasteiger partial charge in [-0.15, -0.1) is 0 Å². The minimum atomic E-state index is -0.188. The summed E-state index contributed by atoms with van der Waals surface area (Å²) in [6, 6.07) is 13.9. The highest BCUT2D eigenvalue weighted by molar-refractivity contribution is 5.74. The van der Waals surface area contributed by atoms with Gasteiger partial charge >= 0.3 is 6.03 Å². The highest BCUT2D eigenvalue weighted by Gasteiger charge is 2.09. The van der Waals surface area contributed by atoms with Crippen LogP contribution in [0.2, 0.25) is 0 Å². The van der Waals surface area contributed by atoms with Crippen LogP contribution >= 0.6 is 0 Å². The molecule has 0 spiro atoms. The molecule has 0 saturated carbocycles. The van der Waals surface area contributed by atoms with E-state index in [4.69, 9.17) is 4.74 Å². The van der Waals surface area contributed by atoms with E-state index in [0.717, 1.165) is 22.4 Å². The second-order valence-electron chi connectivity index (χ2n) is 6.11. The maximum absolute atomic E-state index is 11.9. The molecule has 2 aromatic carbocycles. The molecule has 0 bridgehead atoms. The molecule has 0 fully saturated rings. The van der Waals surface area contributed by atoms with Crippen LogP contribution in [0.1, 0.15) is 35.2 Å². The Hall–Kier alpha value is -2.49. The lowest BCUT2D eigenvalue weighted by molar-refractivity contribution is 0.233. The number of hydrogen-bond acceptors (Lipinski definition) is 2. The van der Waals surface area contributed by atoms with Crippen LogP contribution in [0.25, 0.3) is 0 Å². The molecule has 24 heavy (non-hydrogen) atoms. The SMILES string of the molecule is Cc1cc(C)c(OCCNC(=O)NC(C)c2ccccc2)c(C)c1. The van der Waals surface area contributed by atoms with E-state index in [2.05, 4.69) is 29.7 Å². The molecule has 2 aromatic rings. The molecule has 0 aliphatic heterocycles. The number of hydrogen-bond donors (Lipinski definition) is 2.